The van der Waals surface area contributed by atoms with Crippen molar-refractivity contribution in [3.05, 3.63) is 0 Å². The summed E-state index contributed by atoms with van der Waals surface area (Å²) in [6.45, 7) is 4.06. The molecule has 1 unspecified atom stereocenters. The molecule has 1 saturated carbocycles. The van der Waals surface area contributed by atoms with Crippen LogP contribution in [0.3, 0.4) is 0 Å². The standard InChI is InChI=1S/C12H25N3O2S/c1-10-4-3-5-15(8-10)18(16,17)14(2)9-11-6-12(13)7-11/h10-12H,3-9,13H2,1-2H3. The molecule has 106 valence electrons. The Kier molecular flexibility index (Phi) is 4.31. The van der Waals surface area contributed by atoms with E-state index in [4.69, 9.17) is 5.73 Å². The minimum absolute atomic E-state index is 0.279. The minimum atomic E-state index is -3.26. The van der Waals surface area contributed by atoms with Crippen molar-refractivity contribution in [3.63, 3.8) is 0 Å². The summed E-state index contributed by atoms with van der Waals surface area (Å²) in [5, 5.41) is 0. The zero-order chi connectivity index (χ0) is 13.3. The Bertz CT molecular complexity index is 379. The molecule has 0 aromatic heterocycles. The second-order valence-electron chi connectivity index (χ2n) is 5.99. The van der Waals surface area contributed by atoms with E-state index in [9.17, 15) is 8.42 Å². The first-order valence-corrected chi connectivity index (χ1v) is 8.26. The average molecular weight is 275 g/mol. The molecule has 0 amide bonds. The minimum Gasteiger partial charge on any atom is -0.328 e. The third-order valence-electron chi connectivity index (χ3n) is 4.13. The average Bonchev–Trinajstić information content (AvgIpc) is 2.26. The summed E-state index contributed by atoms with van der Waals surface area (Å²) in [5.41, 5.74) is 5.74. The topological polar surface area (TPSA) is 66.6 Å². The maximum absolute atomic E-state index is 12.4. The van der Waals surface area contributed by atoms with E-state index in [1.807, 2.05) is 0 Å². The molecule has 0 aromatic rings. The van der Waals surface area contributed by atoms with E-state index in [1.54, 1.807) is 11.4 Å². The van der Waals surface area contributed by atoms with Crippen LogP contribution in [0.5, 0.6) is 0 Å². The first-order chi connectivity index (χ1) is 8.39. The van der Waals surface area contributed by atoms with E-state index >= 15 is 0 Å². The van der Waals surface area contributed by atoms with Crippen LogP contribution in [0.4, 0.5) is 0 Å². The Morgan fingerprint density at radius 1 is 1.39 bits per heavy atom. The number of hydrogen-bond donors (Lipinski definition) is 1. The molecule has 5 nitrogen and oxygen atoms in total. The summed E-state index contributed by atoms with van der Waals surface area (Å²) in [6, 6.07) is 0.279. The lowest BCUT2D eigenvalue weighted by Gasteiger charge is -2.38. The van der Waals surface area contributed by atoms with Gasteiger partial charge in [0.2, 0.25) is 0 Å². The van der Waals surface area contributed by atoms with Crippen LogP contribution in [-0.4, -0.2) is 49.8 Å². The number of hydrogen-bond acceptors (Lipinski definition) is 3. The van der Waals surface area contributed by atoms with Crippen LogP contribution in [0.1, 0.15) is 32.6 Å². The summed E-state index contributed by atoms with van der Waals surface area (Å²) < 4.78 is 28.0. The Morgan fingerprint density at radius 3 is 2.61 bits per heavy atom. The van der Waals surface area contributed by atoms with Crippen LogP contribution < -0.4 is 5.73 Å². The van der Waals surface area contributed by atoms with Crippen molar-refractivity contribution >= 4 is 10.2 Å². The lowest BCUT2D eigenvalue weighted by atomic mass is 9.81. The third kappa shape index (κ3) is 3.04. The maximum atomic E-state index is 12.4. The zero-order valence-corrected chi connectivity index (χ0v) is 12.2. The number of rotatable bonds is 4. The van der Waals surface area contributed by atoms with Gasteiger partial charge in [0, 0.05) is 32.7 Å². The van der Waals surface area contributed by atoms with Crippen LogP contribution in [0.15, 0.2) is 0 Å². The van der Waals surface area contributed by atoms with Crippen LogP contribution >= 0.6 is 0 Å². The molecular weight excluding hydrogens is 250 g/mol. The Balaban J connectivity index is 1.92. The normalized spacial score (nSPS) is 34.6. The summed E-state index contributed by atoms with van der Waals surface area (Å²) in [4.78, 5) is 0. The fraction of sp³-hybridized carbons (Fsp3) is 1.00. The van der Waals surface area contributed by atoms with Crippen molar-refractivity contribution in [1.82, 2.24) is 8.61 Å². The number of piperidine rings is 1. The smallest absolute Gasteiger partial charge is 0.281 e. The fourth-order valence-corrected chi connectivity index (χ4v) is 4.54. The van der Waals surface area contributed by atoms with Crippen LogP contribution in [0.2, 0.25) is 0 Å². The van der Waals surface area contributed by atoms with Crippen LogP contribution in [-0.2, 0) is 10.2 Å². The van der Waals surface area contributed by atoms with Gasteiger partial charge < -0.3 is 5.73 Å². The molecular formula is C12H25N3O2S. The second kappa shape index (κ2) is 5.45. The maximum Gasteiger partial charge on any atom is 0.281 e. The molecule has 2 aliphatic rings. The molecule has 2 rings (SSSR count). The third-order valence-corrected chi connectivity index (χ3v) is 6.05. The summed E-state index contributed by atoms with van der Waals surface area (Å²) in [6.07, 6.45) is 4.02. The quantitative estimate of drug-likeness (QED) is 0.818. The number of nitrogens with two attached hydrogens (primary N) is 1. The molecule has 2 fully saturated rings. The molecule has 0 spiro atoms. The van der Waals surface area contributed by atoms with E-state index in [-0.39, 0.29) is 6.04 Å². The van der Waals surface area contributed by atoms with Gasteiger partial charge in [0.05, 0.1) is 0 Å². The van der Waals surface area contributed by atoms with E-state index < -0.39 is 10.2 Å². The zero-order valence-electron chi connectivity index (χ0n) is 11.4. The lowest BCUT2D eigenvalue weighted by molar-refractivity contribution is 0.211. The molecule has 2 N–H and O–H groups in total. The summed E-state index contributed by atoms with van der Waals surface area (Å²) in [5.74, 6) is 0.918. The van der Waals surface area contributed by atoms with Gasteiger partial charge in [0.25, 0.3) is 10.2 Å². The largest absolute Gasteiger partial charge is 0.328 e. The van der Waals surface area contributed by atoms with Crippen molar-refractivity contribution in [1.29, 1.82) is 0 Å². The van der Waals surface area contributed by atoms with Gasteiger partial charge in [-0.05, 0) is 37.5 Å². The monoisotopic (exact) mass is 275 g/mol. The summed E-state index contributed by atoms with van der Waals surface area (Å²) in [7, 11) is -1.56. The van der Waals surface area contributed by atoms with Gasteiger partial charge in [-0.25, -0.2) is 0 Å². The number of nitrogens with zero attached hydrogens (tertiary/aromatic N) is 2. The molecule has 1 aliphatic carbocycles. The molecule has 6 heteroatoms. The highest BCUT2D eigenvalue weighted by Gasteiger charge is 2.34. The summed E-state index contributed by atoms with van der Waals surface area (Å²) >= 11 is 0. The van der Waals surface area contributed by atoms with Crippen molar-refractivity contribution in [2.45, 2.75) is 38.6 Å². The predicted molar refractivity (Wildman–Crippen MR) is 72.2 cm³/mol. The molecule has 1 heterocycles. The van der Waals surface area contributed by atoms with E-state index in [0.717, 1.165) is 25.7 Å². The Hall–Kier alpha value is -0.170. The van der Waals surface area contributed by atoms with Gasteiger partial charge >= 0.3 is 0 Å². The predicted octanol–water partition coefficient (Wildman–Crippen LogP) is 0.632. The van der Waals surface area contributed by atoms with Gasteiger partial charge in [0.1, 0.15) is 0 Å². The molecule has 0 radical (unpaired) electrons. The highest BCUT2D eigenvalue weighted by molar-refractivity contribution is 7.86. The van der Waals surface area contributed by atoms with E-state index in [0.29, 0.717) is 31.5 Å². The highest BCUT2D eigenvalue weighted by Crippen LogP contribution is 2.28. The van der Waals surface area contributed by atoms with Crippen molar-refractivity contribution in [2.75, 3.05) is 26.7 Å². The Morgan fingerprint density at radius 2 is 2.06 bits per heavy atom. The lowest BCUT2D eigenvalue weighted by Crippen LogP contribution is -2.49. The SMILES string of the molecule is CC1CCCN(S(=O)(=O)N(C)CC2CC(N)C2)C1. The van der Waals surface area contributed by atoms with Gasteiger partial charge in [-0.3, -0.25) is 0 Å². The van der Waals surface area contributed by atoms with E-state index in [1.165, 1.54) is 4.31 Å². The molecule has 0 bridgehead atoms. The van der Waals surface area contributed by atoms with Gasteiger partial charge in [-0.15, -0.1) is 0 Å². The molecule has 1 saturated heterocycles. The van der Waals surface area contributed by atoms with Gasteiger partial charge in [0.15, 0.2) is 0 Å². The van der Waals surface area contributed by atoms with Crippen LogP contribution in [0, 0.1) is 11.8 Å². The van der Waals surface area contributed by atoms with Crippen molar-refractivity contribution < 1.29 is 8.42 Å². The van der Waals surface area contributed by atoms with Crippen molar-refractivity contribution in [2.24, 2.45) is 17.6 Å². The first kappa shape index (κ1) is 14.2. The van der Waals surface area contributed by atoms with Gasteiger partial charge in [-0.1, -0.05) is 6.92 Å². The molecule has 0 aromatic carbocycles. The molecule has 18 heavy (non-hydrogen) atoms. The van der Waals surface area contributed by atoms with Gasteiger partial charge in [-0.2, -0.15) is 17.0 Å². The van der Waals surface area contributed by atoms with E-state index in [2.05, 4.69) is 6.92 Å². The molecule has 1 atom stereocenters. The highest BCUT2D eigenvalue weighted by atomic mass is 32.2. The first-order valence-electron chi connectivity index (χ1n) is 6.86. The van der Waals surface area contributed by atoms with Crippen LogP contribution in [0.25, 0.3) is 0 Å². The Labute approximate surface area is 110 Å². The second-order valence-corrected chi connectivity index (χ2v) is 8.03. The van der Waals surface area contributed by atoms with Crippen molar-refractivity contribution in [3.8, 4) is 0 Å². The molecule has 1 aliphatic heterocycles. The fourth-order valence-electron chi connectivity index (χ4n) is 2.95.